The van der Waals surface area contributed by atoms with E-state index in [-0.39, 0.29) is 6.42 Å². The fourth-order valence-corrected chi connectivity index (χ4v) is 1.75. The van der Waals surface area contributed by atoms with Crippen LogP contribution < -0.4 is 0 Å². The average Bonchev–Trinajstić information content (AvgIpc) is 2.28. The predicted octanol–water partition coefficient (Wildman–Crippen LogP) is -2.17. The van der Waals surface area contributed by atoms with E-state index in [0.29, 0.717) is 0 Å². The van der Waals surface area contributed by atoms with Gasteiger partial charge < -0.3 is 29.9 Å². The summed E-state index contributed by atoms with van der Waals surface area (Å²) >= 11 is 0. The van der Waals surface area contributed by atoms with Crippen molar-refractivity contribution in [2.24, 2.45) is 0 Å². The number of ether oxygens (including phenoxy) is 2. The summed E-state index contributed by atoms with van der Waals surface area (Å²) < 4.78 is 9.85. The third-order valence-electron chi connectivity index (χ3n) is 2.74. The molecule has 1 rings (SSSR count). The van der Waals surface area contributed by atoms with Crippen molar-refractivity contribution in [2.45, 2.75) is 36.6 Å². The summed E-state index contributed by atoms with van der Waals surface area (Å²) in [4.78, 5) is 0. The molecule has 5 atom stereocenters. The predicted molar refractivity (Wildman–Crippen MR) is 53.2 cm³/mol. The lowest BCUT2D eigenvalue weighted by Gasteiger charge is -2.46. The van der Waals surface area contributed by atoms with Crippen LogP contribution in [0.2, 0.25) is 0 Å². The van der Waals surface area contributed by atoms with Gasteiger partial charge in [-0.15, -0.1) is 12.3 Å². The van der Waals surface area contributed by atoms with Gasteiger partial charge >= 0.3 is 0 Å². The molecule has 0 saturated carbocycles. The van der Waals surface area contributed by atoms with E-state index in [1.165, 1.54) is 7.11 Å². The van der Waals surface area contributed by atoms with Crippen LogP contribution in [0.5, 0.6) is 0 Å². The van der Waals surface area contributed by atoms with Crippen molar-refractivity contribution < 1.29 is 29.9 Å². The van der Waals surface area contributed by atoms with Crippen LogP contribution in [-0.4, -0.2) is 64.3 Å². The van der Waals surface area contributed by atoms with E-state index in [2.05, 4.69) is 5.92 Å². The van der Waals surface area contributed by atoms with Crippen molar-refractivity contribution in [3.8, 4) is 12.3 Å². The van der Waals surface area contributed by atoms with Crippen molar-refractivity contribution in [3.63, 3.8) is 0 Å². The number of hydrogen-bond acceptors (Lipinski definition) is 6. The first kappa shape index (κ1) is 13.4. The van der Waals surface area contributed by atoms with Gasteiger partial charge in [0.1, 0.15) is 23.9 Å². The van der Waals surface area contributed by atoms with E-state index in [1.54, 1.807) is 0 Å². The van der Waals surface area contributed by atoms with Crippen LogP contribution in [0.1, 0.15) is 6.42 Å². The Kier molecular flexibility index (Phi) is 4.27. The molecule has 0 aromatic carbocycles. The minimum Gasteiger partial charge on any atom is -0.394 e. The van der Waals surface area contributed by atoms with Crippen LogP contribution in [0.15, 0.2) is 0 Å². The lowest BCUT2D eigenvalue weighted by Crippen LogP contribution is -2.67. The van der Waals surface area contributed by atoms with Crippen molar-refractivity contribution >= 4 is 0 Å². The van der Waals surface area contributed by atoms with Crippen LogP contribution >= 0.6 is 0 Å². The summed E-state index contributed by atoms with van der Waals surface area (Å²) in [6, 6.07) is 0. The first-order chi connectivity index (χ1) is 7.51. The van der Waals surface area contributed by atoms with E-state index in [1.807, 2.05) is 0 Å². The molecule has 0 aliphatic carbocycles. The van der Waals surface area contributed by atoms with Crippen LogP contribution in [0.25, 0.3) is 0 Å². The number of aliphatic hydroxyl groups excluding tert-OH is 3. The number of hydrogen-bond donors (Lipinski definition) is 4. The summed E-state index contributed by atoms with van der Waals surface area (Å²) in [5.74, 6) is 2.17. The maximum atomic E-state index is 10.1. The van der Waals surface area contributed by atoms with Gasteiger partial charge in [0.2, 0.25) is 0 Å². The van der Waals surface area contributed by atoms with E-state index in [4.69, 9.17) is 21.0 Å². The molecule has 1 saturated heterocycles. The molecule has 1 aliphatic heterocycles. The van der Waals surface area contributed by atoms with Crippen molar-refractivity contribution in [2.75, 3.05) is 13.7 Å². The monoisotopic (exact) mass is 232 g/mol. The topological polar surface area (TPSA) is 99.4 Å². The molecule has 0 aromatic heterocycles. The average molecular weight is 232 g/mol. The largest absolute Gasteiger partial charge is 0.394 e. The Hall–Kier alpha value is -0.680. The Labute approximate surface area is 93.4 Å². The zero-order valence-electron chi connectivity index (χ0n) is 8.91. The zero-order valence-corrected chi connectivity index (χ0v) is 8.91. The van der Waals surface area contributed by atoms with Gasteiger partial charge in [-0.2, -0.15) is 0 Å². The SMILES string of the molecule is C#CC[C@@]1(O)[C@@H](O)[C@@H](OC)O[C@H](CO)[C@@H]1O. The molecule has 1 fully saturated rings. The van der Waals surface area contributed by atoms with Crippen LogP contribution in [-0.2, 0) is 9.47 Å². The molecule has 16 heavy (non-hydrogen) atoms. The quantitative estimate of drug-likeness (QED) is 0.413. The molecular weight excluding hydrogens is 216 g/mol. The van der Waals surface area contributed by atoms with Gasteiger partial charge in [0.05, 0.1) is 6.61 Å². The first-order valence-electron chi connectivity index (χ1n) is 4.82. The molecular formula is C10H16O6. The second-order valence-electron chi connectivity index (χ2n) is 3.72. The van der Waals surface area contributed by atoms with Gasteiger partial charge in [-0.05, 0) is 0 Å². The molecule has 0 amide bonds. The zero-order chi connectivity index (χ0) is 12.3. The Balaban J connectivity index is 2.97. The molecule has 0 unspecified atom stereocenters. The molecule has 6 heteroatoms. The molecule has 4 N–H and O–H groups in total. The van der Waals surface area contributed by atoms with Gasteiger partial charge in [0, 0.05) is 13.5 Å². The molecule has 0 aromatic rings. The number of aliphatic hydroxyl groups is 4. The fraction of sp³-hybridized carbons (Fsp3) is 0.800. The molecule has 1 heterocycles. The highest BCUT2D eigenvalue weighted by Crippen LogP contribution is 2.32. The van der Waals surface area contributed by atoms with Crippen molar-refractivity contribution in [3.05, 3.63) is 0 Å². The summed E-state index contributed by atoms with van der Waals surface area (Å²) in [6.45, 7) is -0.513. The number of terminal acetylenes is 1. The van der Waals surface area contributed by atoms with E-state index >= 15 is 0 Å². The molecule has 1 aliphatic rings. The summed E-state index contributed by atoms with van der Waals surface area (Å²) in [7, 11) is 1.27. The van der Waals surface area contributed by atoms with E-state index in [0.717, 1.165) is 0 Å². The third-order valence-corrected chi connectivity index (χ3v) is 2.74. The van der Waals surface area contributed by atoms with Crippen LogP contribution in [0.3, 0.4) is 0 Å². The molecule has 0 radical (unpaired) electrons. The fourth-order valence-electron chi connectivity index (χ4n) is 1.75. The maximum Gasteiger partial charge on any atom is 0.186 e. The summed E-state index contributed by atoms with van der Waals surface area (Å²) in [5, 5.41) is 38.6. The Morgan fingerprint density at radius 2 is 2.06 bits per heavy atom. The highest BCUT2D eigenvalue weighted by atomic mass is 16.7. The van der Waals surface area contributed by atoms with Crippen LogP contribution in [0, 0.1) is 12.3 Å². The highest BCUT2D eigenvalue weighted by molar-refractivity contribution is 5.08. The molecule has 6 nitrogen and oxygen atoms in total. The van der Waals surface area contributed by atoms with Gasteiger partial charge in [-0.1, -0.05) is 0 Å². The Morgan fingerprint density at radius 3 is 2.50 bits per heavy atom. The second kappa shape index (κ2) is 5.10. The molecule has 0 spiro atoms. The van der Waals surface area contributed by atoms with Gasteiger partial charge in [-0.3, -0.25) is 0 Å². The number of rotatable bonds is 3. The Bertz CT molecular complexity index is 257. The lowest BCUT2D eigenvalue weighted by molar-refractivity contribution is -0.326. The summed E-state index contributed by atoms with van der Waals surface area (Å²) in [6.07, 6.45) is -0.349. The number of methoxy groups -OCH3 is 1. The maximum absolute atomic E-state index is 10.1. The van der Waals surface area contributed by atoms with Crippen molar-refractivity contribution in [1.29, 1.82) is 0 Å². The van der Waals surface area contributed by atoms with Crippen LogP contribution in [0.4, 0.5) is 0 Å². The molecule has 92 valence electrons. The minimum atomic E-state index is -1.94. The van der Waals surface area contributed by atoms with Crippen molar-refractivity contribution in [1.82, 2.24) is 0 Å². The normalized spacial score (nSPS) is 44.0. The van der Waals surface area contributed by atoms with E-state index in [9.17, 15) is 15.3 Å². The molecule has 0 bridgehead atoms. The smallest absolute Gasteiger partial charge is 0.186 e. The third kappa shape index (κ3) is 2.06. The lowest BCUT2D eigenvalue weighted by atomic mass is 9.81. The second-order valence-corrected chi connectivity index (χ2v) is 3.72. The van der Waals surface area contributed by atoms with Gasteiger partial charge in [0.25, 0.3) is 0 Å². The Morgan fingerprint density at radius 1 is 1.44 bits per heavy atom. The van der Waals surface area contributed by atoms with Gasteiger partial charge in [0.15, 0.2) is 6.29 Å². The standard InChI is InChI=1S/C10H16O6/c1-3-4-10(14)7(12)6(5-11)16-9(15-2)8(10)13/h1,6-9,11-14H,4-5H2,2H3/t6-,7+,8+,9+,10+/m1/s1. The highest BCUT2D eigenvalue weighted by Gasteiger charge is 2.54. The van der Waals surface area contributed by atoms with E-state index < -0.39 is 36.8 Å². The summed E-state index contributed by atoms with van der Waals surface area (Å²) in [5.41, 5.74) is -1.94. The first-order valence-corrected chi connectivity index (χ1v) is 4.82. The minimum absolute atomic E-state index is 0.269. The van der Waals surface area contributed by atoms with Gasteiger partial charge in [-0.25, -0.2) is 0 Å².